The van der Waals surface area contributed by atoms with E-state index in [1.54, 1.807) is 0 Å². The molecular formula is C26H34ClN5. The summed E-state index contributed by atoms with van der Waals surface area (Å²) in [6, 6.07) is 17.2. The quantitative estimate of drug-likeness (QED) is 0.415. The summed E-state index contributed by atoms with van der Waals surface area (Å²) in [6.07, 6.45) is 4.27. The van der Waals surface area contributed by atoms with Gasteiger partial charge < -0.3 is 16.0 Å². The minimum Gasteiger partial charge on any atom is -0.340 e. The number of aryl methyl sites for hydroxylation is 1. The molecular weight excluding hydrogens is 418 g/mol. The molecule has 2 heterocycles. The van der Waals surface area contributed by atoms with Crippen LogP contribution in [-0.2, 0) is 5.41 Å². The summed E-state index contributed by atoms with van der Waals surface area (Å²) >= 11 is 0. The number of hydrogen-bond acceptors (Lipinski definition) is 5. The van der Waals surface area contributed by atoms with E-state index in [1.165, 1.54) is 24.0 Å². The second-order valence-electron chi connectivity index (χ2n) is 9.45. The number of aromatic nitrogens is 2. The van der Waals surface area contributed by atoms with E-state index in [0.29, 0.717) is 11.9 Å². The highest BCUT2D eigenvalue weighted by atomic mass is 35.5. The predicted octanol–water partition coefficient (Wildman–Crippen LogP) is 6.46. The molecule has 3 N–H and O–H groups in total. The van der Waals surface area contributed by atoms with Crippen LogP contribution in [0.15, 0.2) is 54.7 Å². The van der Waals surface area contributed by atoms with Gasteiger partial charge in [0.05, 0.1) is 0 Å². The van der Waals surface area contributed by atoms with Gasteiger partial charge in [-0.25, -0.2) is 4.98 Å². The lowest BCUT2D eigenvalue weighted by molar-refractivity contribution is 0.460. The van der Waals surface area contributed by atoms with Gasteiger partial charge in [-0.3, -0.25) is 0 Å². The fourth-order valence-corrected chi connectivity index (χ4v) is 3.95. The zero-order valence-corrected chi connectivity index (χ0v) is 20.2. The second-order valence-corrected chi connectivity index (χ2v) is 9.45. The van der Waals surface area contributed by atoms with E-state index in [0.717, 1.165) is 35.8 Å². The predicted molar refractivity (Wildman–Crippen MR) is 137 cm³/mol. The van der Waals surface area contributed by atoms with Crippen molar-refractivity contribution in [1.29, 1.82) is 0 Å². The molecule has 1 saturated heterocycles. The summed E-state index contributed by atoms with van der Waals surface area (Å²) in [7, 11) is 0. The molecule has 1 aliphatic heterocycles. The Balaban J connectivity index is 0.00000289. The number of hydrogen-bond donors (Lipinski definition) is 3. The SMILES string of the molecule is Cc1cnc(Nc2ccc(C3CCNCC3)cc2)nc1Nc1cccc(C(C)(C)C)c1.Cl. The van der Waals surface area contributed by atoms with E-state index in [1.807, 2.05) is 13.1 Å². The van der Waals surface area contributed by atoms with Gasteiger partial charge in [0, 0.05) is 23.1 Å². The summed E-state index contributed by atoms with van der Waals surface area (Å²) in [5.74, 6) is 2.06. The van der Waals surface area contributed by atoms with E-state index in [4.69, 9.17) is 4.98 Å². The second kappa shape index (κ2) is 10.3. The van der Waals surface area contributed by atoms with Crippen molar-refractivity contribution in [2.24, 2.45) is 0 Å². The highest BCUT2D eigenvalue weighted by molar-refractivity contribution is 5.85. The van der Waals surface area contributed by atoms with Crippen LogP contribution in [0.3, 0.4) is 0 Å². The molecule has 170 valence electrons. The highest BCUT2D eigenvalue weighted by Gasteiger charge is 2.16. The molecule has 3 aromatic rings. The van der Waals surface area contributed by atoms with Gasteiger partial charge in [-0.2, -0.15) is 4.98 Å². The van der Waals surface area contributed by atoms with Crippen LogP contribution in [0.2, 0.25) is 0 Å². The van der Waals surface area contributed by atoms with Crippen LogP contribution in [0.5, 0.6) is 0 Å². The zero-order chi connectivity index (χ0) is 21.8. The van der Waals surface area contributed by atoms with Crippen molar-refractivity contribution in [3.8, 4) is 0 Å². The van der Waals surface area contributed by atoms with Crippen molar-refractivity contribution in [1.82, 2.24) is 15.3 Å². The Labute approximate surface area is 197 Å². The van der Waals surface area contributed by atoms with Crippen LogP contribution in [-0.4, -0.2) is 23.1 Å². The average molecular weight is 452 g/mol. The summed E-state index contributed by atoms with van der Waals surface area (Å²) in [6.45, 7) is 10.9. The van der Waals surface area contributed by atoms with Gasteiger partial charge in [0.15, 0.2) is 0 Å². The molecule has 0 radical (unpaired) electrons. The normalized spacial score (nSPS) is 14.5. The molecule has 0 unspecified atom stereocenters. The zero-order valence-electron chi connectivity index (χ0n) is 19.4. The van der Waals surface area contributed by atoms with Gasteiger partial charge in [-0.15, -0.1) is 12.4 Å². The average Bonchev–Trinajstić information content (AvgIpc) is 2.77. The molecule has 0 bridgehead atoms. The van der Waals surface area contributed by atoms with Crippen LogP contribution < -0.4 is 16.0 Å². The van der Waals surface area contributed by atoms with Crippen molar-refractivity contribution in [2.75, 3.05) is 23.7 Å². The van der Waals surface area contributed by atoms with E-state index in [9.17, 15) is 0 Å². The fourth-order valence-electron chi connectivity index (χ4n) is 3.95. The lowest BCUT2D eigenvalue weighted by Crippen LogP contribution is -2.26. The van der Waals surface area contributed by atoms with Gasteiger partial charge in [-0.1, -0.05) is 45.0 Å². The van der Waals surface area contributed by atoms with E-state index in [2.05, 4.69) is 90.2 Å². The maximum atomic E-state index is 4.73. The molecule has 0 spiro atoms. The molecule has 0 aliphatic carbocycles. The van der Waals surface area contributed by atoms with Crippen molar-refractivity contribution >= 4 is 35.5 Å². The van der Waals surface area contributed by atoms with Crippen LogP contribution in [0.25, 0.3) is 0 Å². The topological polar surface area (TPSA) is 61.9 Å². The van der Waals surface area contributed by atoms with Gasteiger partial charge in [0.25, 0.3) is 0 Å². The molecule has 4 rings (SSSR count). The number of nitrogens with zero attached hydrogens (tertiary/aromatic N) is 2. The molecule has 6 heteroatoms. The molecule has 0 saturated carbocycles. The maximum absolute atomic E-state index is 4.73. The number of rotatable bonds is 5. The first-order valence-corrected chi connectivity index (χ1v) is 11.2. The standard InChI is InChI=1S/C26H33N5.ClH/c1-18-17-28-25(30-22-10-8-19(9-11-22)20-12-14-27-15-13-20)31-24(18)29-23-7-5-6-21(16-23)26(2,3)4;/h5-11,16-17,20,27H,12-15H2,1-4H3,(H2,28,29,30,31);1H. The number of benzene rings is 2. The highest BCUT2D eigenvalue weighted by Crippen LogP contribution is 2.28. The summed E-state index contributed by atoms with van der Waals surface area (Å²) in [5, 5.41) is 10.2. The molecule has 2 aromatic carbocycles. The number of halogens is 1. The van der Waals surface area contributed by atoms with Crippen molar-refractivity contribution < 1.29 is 0 Å². The van der Waals surface area contributed by atoms with Gasteiger partial charge >= 0.3 is 0 Å². The van der Waals surface area contributed by atoms with E-state index in [-0.39, 0.29) is 17.8 Å². The lowest BCUT2D eigenvalue weighted by Gasteiger charge is -2.23. The van der Waals surface area contributed by atoms with Crippen molar-refractivity contribution in [2.45, 2.75) is 51.9 Å². The number of anilines is 4. The Bertz CT molecular complexity index is 1020. The minimum atomic E-state index is 0. The summed E-state index contributed by atoms with van der Waals surface area (Å²) in [5.41, 5.74) is 5.85. The lowest BCUT2D eigenvalue weighted by atomic mass is 9.87. The first-order valence-electron chi connectivity index (χ1n) is 11.2. The Morgan fingerprint density at radius 1 is 0.938 bits per heavy atom. The van der Waals surface area contributed by atoms with Crippen LogP contribution in [0, 0.1) is 6.92 Å². The summed E-state index contributed by atoms with van der Waals surface area (Å²) in [4.78, 5) is 9.20. The summed E-state index contributed by atoms with van der Waals surface area (Å²) < 4.78 is 0. The van der Waals surface area contributed by atoms with Crippen LogP contribution in [0.1, 0.15) is 56.2 Å². The molecule has 32 heavy (non-hydrogen) atoms. The minimum absolute atomic E-state index is 0. The van der Waals surface area contributed by atoms with Crippen LogP contribution >= 0.6 is 12.4 Å². The Hall–Kier alpha value is -2.63. The molecule has 1 fully saturated rings. The fraction of sp³-hybridized carbons (Fsp3) is 0.385. The largest absolute Gasteiger partial charge is 0.340 e. The van der Waals surface area contributed by atoms with Crippen LogP contribution in [0.4, 0.5) is 23.1 Å². The first kappa shape index (κ1) is 24.0. The molecule has 1 aliphatic rings. The number of nitrogens with one attached hydrogen (secondary N) is 3. The van der Waals surface area contributed by atoms with Gasteiger partial charge in [-0.05, 0) is 79.6 Å². The Kier molecular flexibility index (Phi) is 7.75. The monoisotopic (exact) mass is 451 g/mol. The molecule has 5 nitrogen and oxygen atoms in total. The third-order valence-electron chi connectivity index (χ3n) is 5.94. The van der Waals surface area contributed by atoms with E-state index >= 15 is 0 Å². The first-order chi connectivity index (χ1) is 14.9. The van der Waals surface area contributed by atoms with Crippen molar-refractivity contribution in [3.63, 3.8) is 0 Å². The third-order valence-corrected chi connectivity index (χ3v) is 5.94. The maximum Gasteiger partial charge on any atom is 0.229 e. The molecule has 0 atom stereocenters. The number of piperidine rings is 1. The van der Waals surface area contributed by atoms with Crippen molar-refractivity contribution in [3.05, 3.63) is 71.4 Å². The van der Waals surface area contributed by atoms with Gasteiger partial charge in [0.1, 0.15) is 5.82 Å². The smallest absolute Gasteiger partial charge is 0.229 e. The molecule has 1 aromatic heterocycles. The van der Waals surface area contributed by atoms with E-state index < -0.39 is 0 Å². The Morgan fingerprint density at radius 3 is 2.34 bits per heavy atom. The van der Waals surface area contributed by atoms with Gasteiger partial charge in [0.2, 0.25) is 5.95 Å². The third kappa shape index (κ3) is 5.99. The molecule has 0 amide bonds. The Morgan fingerprint density at radius 2 is 1.66 bits per heavy atom.